The van der Waals surface area contributed by atoms with Gasteiger partial charge in [0.05, 0.1) is 12.3 Å². The van der Waals surface area contributed by atoms with E-state index in [9.17, 15) is 4.79 Å². The number of carbonyl (C=O) groups excluding carboxylic acids is 1. The smallest absolute Gasteiger partial charge is 0.253 e. The van der Waals surface area contributed by atoms with Crippen LogP contribution in [0, 0.1) is 0 Å². The van der Waals surface area contributed by atoms with Crippen molar-refractivity contribution in [3.8, 4) is 16.3 Å². The third kappa shape index (κ3) is 4.46. The van der Waals surface area contributed by atoms with Crippen molar-refractivity contribution < 1.29 is 9.53 Å². The van der Waals surface area contributed by atoms with Crippen molar-refractivity contribution in [3.05, 3.63) is 59.2 Å². The van der Waals surface area contributed by atoms with E-state index in [1.807, 2.05) is 48.4 Å². The average Bonchev–Trinajstić information content (AvgIpc) is 3.29. The Bertz CT molecular complexity index is 977. The molecule has 4 rings (SSSR count). The third-order valence-electron chi connectivity index (χ3n) is 5.21. The van der Waals surface area contributed by atoms with Crippen LogP contribution < -0.4 is 9.64 Å². The molecule has 30 heavy (non-hydrogen) atoms. The lowest BCUT2D eigenvalue weighted by Gasteiger charge is -2.35. The standard InChI is InChI=1S/C23H26N4O2S/c1-3-19-16-30-22(25-19)18-7-10-21(24-15-18)26-11-13-27(14-12-26)23(28)17-5-8-20(9-6-17)29-4-2/h5-10,15-16H,3-4,11-14H2,1-2H3. The van der Waals surface area contributed by atoms with E-state index in [2.05, 4.69) is 33.2 Å². The highest BCUT2D eigenvalue weighted by Gasteiger charge is 2.23. The quantitative estimate of drug-likeness (QED) is 0.598. The molecule has 3 heterocycles. The molecular formula is C23H26N4O2S. The number of aryl methyl sites for hydroxylation is 1. The second-order valence-corrected chi connectivity index (χ2v) is 8.00. The Kier molecular flexibility index (Phi) is 6.28. The van der Waals surface area contributed by atoms with Crippen molar-refractivity contribution in [2.45, 2.75) is 20.3 Å². The molecule has 1 aliphatic heterocycles. The first-order valence-corrected chi connectivity index (χ1v) is 11.2. The predicted octanol–water partition coefficient (Wildman–Crippen LogP) is 4.13. The molecule has 6 nitrogen and oxygen atoms in total. The fourth-order valence-electron chi connectivity index (χ4n) is 3.48. The van der Waals surface area contributed by atoms with E-state index in [4.69, 9.17) is 4.74 Å². The van der Waals surface area contributed by atoms with Crippen LogP contribution in [0.4, 0.5) is 5.82 Å². The number of anilines is 1. The Morgan fingerprint density at radius 3 is 2.43 bits per heavy atom. The van der Waals surface area contributed by atoms with Gasteiger partial charge >= 0.3 is 0 Å². The Morgan fingerprint density at radius 2 is 1.83 bits per heavy atom. The molecule has 0 radical (unpaired) electrons. The molecule has 3 aromatic rings. The van der Waals surface area contributed by atoms with Crippen LogP contribution in [0.3, 0.4) is 0 Å². The highest BCUT2D eigenvalue weighted by atomic mass is 32.1. The number of rotatable bonds is 6. The summed E-state index contributed by atoms with van der Waals surface area (Å²) in [5.41, 5.74) is 2.87. The third-order valence-corrected chi connectivity index (χ3v) is 6.15. The van der Waals surface area contributed by atoms with Gasteiger partial charge in [0.1, 0.15) is 16.6 Å². The molecule has 0 bridgehead atoms. The van der Waals surface area contributed by atoms with Crippen LogP contribution in [0.1, 0.15) is 29.9 Å². The zero-order valence-electron chi connectivity index (χ0n) is 17.4. The topological polar surface area (TPSA) is 58.6 Å². The zero-order valence-corrected chi connectivity index (χ0v) is 18.2. The maximum Gasteiger partial charge on any atom is 0.253 e. The predicted molar refractivity (Wildman–Crippen MR) is 120 cm³/mol. The lowest BCUT2D eigenvalue weighted by atomic mass is 10.1. The Balaban J connectivity index is 1.35. The number of thiazole rings is 1. The van der Waals surface area contributed by atoms with Crippen molar-refractivity contribution in [2.75, 3.05) is 37.7 Å². The van der Waals surface area contributed by atoms with E-state index < -0.39 is 0 Å². The highest BCUT2D eigenvalue weighted by molar-refractivity contribution is 7.13. The van der Waals surface area contributed by atoms with E-state index in [1.165, 1.54) is 0 Å². The van der Waals surface area contributed by atoms with Gasteiger partial charge in [-0.05, 0) is 49.7 Å². The van der Waals surface area contributed by atoms with E-state index in [1.54, 1.807) is 11.3 Å². The van der Waals surface area contributed by atoms with Crippen molar-refractivity contribution in [3.63, 3.8) is 0 Å². The zero-order chi connectivity index (χ0) is 20.9. The number of nitrogens with zero attached hydrogens (tertiary/aromatic N) is 4. The minimum absolute atomic E-state index is 0.0662. The molecule has 1 aliphatic rings. The lowest BCUT2D eigenvalue weighted by Crippen LogP contribution is -2.49. The van der Waals surface area contributed by atoms with Gasteiger partial charge in [0.15, 0.2) is 0 Å². The van der Waals surface area contributed by atoms with Gasteiger partial charge in [-0.15, -0.1) is 11.3 Å². The van der Waals surface area contributed by atoms with E-state index in [0.29, 0.717) is 25.3 Å². The van der Waals surface area contributed by atoms with Gasteiger partial charge in [0, 0.05) is 48.9 Å². The highest BCUT2D eigenvalue weighted by Crippen LogP contribution is 2.25. The summed E-state index contributed by atoms with van der Waals surface area (Å²) in [6.45, 7) is 7.58. The largest absolute Gasteiger partial charge is 0.494 e. The Morgan fingerprint density at radius 1 is 1.07 bits per heavy atom. The normalized spacial score (nSPS) is 14.1. The van der Waals surface area contributed by atoms with Gasteiger partial charge in [0.2, 0.25) is 0 Å². The first-order chi connectivity index (χ1) is 14.7. The van der Waals surface area contributed by atoms with Gasteiger partial charge in [-0.25, -0.2) is 9.97 Å². The van der Waals surface area contributed by atoms with E-state index >= 15 is 0 Å². The van der Waals surface area contributed by atoms with Crippen LogP contribution in [-0.2, 0) is 6.42 Å². The summed E-state index contributed by atoms with van der Waals surface area (Å²) in [6.07, 6.45) is 2.84. The molecule has 2 aromatic heterocycles. The summed E-state index contributed by atoms with van der Waals surface area (Å²) in [4.78, 5) is 26.2. The molecule has 0 spiro atoms. The number of pyridine rings is 1. The van der Waals surface area contributed by atoms with Crippen molar-refractivity contribution in [1.82, 2.24) is 14.9 Å². The number of ether oxygens (including phenoxy) is 1. The monoisotopic (exact) mass is 422 g/mol. The summed E-state index contributed by atoms with van der Waals surface area (Å²) >= 11 is 1.66. The van der Waals surface area contributed by atoms with Crippen LogP contribution in [0.15, 0.2) is 48.0 Å². The molecule has 1 fully saturated rings. The van der Waals surface area contributed by atoms with E-state index in [-0.39, 0.29) is 5.91 Å². The van der Waals surface area contributed by atoms with Gasteiger partial charge in [-0.2, -0.15) is 0 Å². The minimum atomic E-state index is 0.0662. The lowest BCUT2D eigenvalue weighted by molar-refractivity contribution is 0.0746. The van der Waals surface area contributed by atoms with Gasteiger partial charge < -0.3 is 14.5 Å². The number of amides is 1. The SMILES string of the molecule is CCOc1ccc(C(=O)N2CCN(c3ccc(-c4nc(CC)cs4)cn3)CC2)cc1. The molecule has 0 N–H and O–H groups in total. The first kappa shape index (κ1) is 20.3. The summed E-state index contributed by atoms with van der Waals surface area (Å²) in [7, 11) is 0. The molecule has 1 aromatic carbocycles. The fourth-order valence-corrected chi connectivity index (χ4v) is 4.38. The number of piperazine rings is 1. The molecule has 0 aliphatic carbocycles. The first-order valence-electron chi connectivity index (χ1n) is 10.4. The molecule has 0 unspecified atom stereocenters. The molecular weight excluding hydrogens is 396 g/mol. The molecule has 156 valence electrons. The average molecular weight is 423 g/mol. The summed E-state index contributed by atoms with van der Waals surface area (Å²) < 4.78 is 5.45. The maximum atomic E-state index is 12.8. The molecule has 7 heteroatoms. The van der Waals surface area contributed by atoms with Crippen LogP contribution >= 0.6 is 11.3 Å². The van der Waals surface area contributed by atoms with Crippen LogP contribution in [0.2, 0.25) is 0 Å². The summed E-state index contributed by atoms with van der Waals surface area (Å²) in [6, 6.07) is 11.5. The fraction of sp³-hybridized carbons (Fsp3) is 0.348. The van der Waals surface area contributed by atoms with Crippen LogP contribution in [0.25, 0.3) is 10.6 Å². The number of aromatic nitrogens is 2. The van der Waals surface area contributed by atoms with Crippen molar-refractivity contribution in [1.29, 1.82) is 0 Å². The number of benzene rings is 1. The Hall–Kier alpha value is -2.93. The number of carbonyl (C=O) groups is 1. The maximum absolute atomic E-state index is 12.8. The number of hydrogen-bond acceptors (Lipinski definition) is 6. The number of hydrogen-bond donors (Lipinski definition) is 0. The second-order valence-electron chi connectivity index (χ2n) is 7.14. The second kappa shape index (κ2) is 9.26. The van der Waals surface area contributed by atoms with E-state index in [0.717, 1.165) is 47.3 Å². The van der Waals surface area contributed by atoms with Crippen molar-refractivity contribution >= 4 is 23.1 Å². The molecule has 1 saturated heterocycles. The minimum Gasteiger partial charge on any atom is -0.494 e. The summed E-state index contributed by atoms with van der Waals surface area (Å²) in [5.74, 6) is 1.80. The van der Waals surface area contributed by atoms with Crippen molar-refractivity contribution in [2.24, 2.45) is 0 Å². The Labute approximate surface area is 181 Å². The van der Waals surface area contributed by atoms with Gasteiger partial charge in [0.25, 0.3) is 5.91 Å². The summed E-state index contributed by atoms with van der Waals surface area (Å²) in [5, 5.41) is 3.11. The van der Waals surface area contributed by atoms with Crippen LogP contribution in [0.5, 0.6) is 5.75 Å². The molecule has 0 atom stereocenters. The molecule has 1 amide bonds. The van der Waals surface area contributed by atoms with Crippen LogP contribution in [-0.4, -0.2) is 53.6 Å². The molecule has 0 saturated carbocycles. The van der Waals surface area contributed by atoms with Gasteiger partial charge in [-0.1, -0.05) is 6.92 Å². The van der Waals surface area contributed by atoms with Gasteiger partial charge in [-0.3, -0.25) is 4.79 Å².